The highest BCUT2D eigenvalue weighted by atomic mass is 16.4. The van der Waals surface area contributed by atoms with Crippen LogP contribution in [0.2, 0.25) is 0 Å². The molecule has 0 aromatic heterocycles. The van der Waals surface area contributed by atoms with E-state index in [0.29, 0.717) is 18.5 Å². The third-order valence-electron chi connectivity index (χ3n) is 3.25. The Morgan fingerprint density at radius 2 is 1.52 bits per heavy atom. The van der Waals surface area contributed by atoms with Gasteiger partial charge in [-0.15, -0.1) is 0 Å². The van der Waals surface area contributed by atoms with Crippen molar-refractivity contribution in [2.24, 2.45) is 0 Å². The minimum Gasteiger partial charge on any atom is -0.481 e. The number of amides is 1. The Kier molecular flexibility index (Phi) is 5.10. The van der Waals surface area contributed by atoms with E-state index in [9.17, 15) is 14.7 Å². The summed E-state index contributed by atoms with van der Waals surface area (Å²) in [4.78, 5) is 23.2. The second-order valence-corrected chi connectivity index (χ2v) is 4.71. The Morgan fingerprint density at radius 1 is 0.952 bits per heavy atom. The molecule has 0 bridgehead atoms. The molecule has 0 radical (unpaired) electrons. The molecule has 0 fully saturated rings. The van der Waals surface area contributed by atoms with Crippen LogP contribution in [0.1, 0.15) is 28.3 Å². The van der Waals surface area contributed by atoms with E-state index >= 15 is 0 Å². The van der Waals surface area contributed by atoms with Gasteiger partial charge in [0.1, 0.15) is 0 Å². The van der Waals surface area contributed by atoms with Gasteiger partial charge in [-0.1, -0.05) is 48.5 Å². The number of carbonyl (C=O) groups is 2. The van der Waals surface area contributed by atoms with Crippen LogP contribution < -0.4 is 5.32 Å². The van der Waals surface area contributed by atoms with Crippen molar-refractivity contribution >= 4 is 11.9 Å². The lowest BCUT2D eigenvalue weighted by molar-refractivity contribution is -0.138. The highest BCUT2D eigenvalue weighted by Gasteiger charge is 2.19. The maximum Gasteiger partial charge on any atom is 0.311 e. The molecule has 0 saturated heterocycles. The molecule has 4 nitrogen and oxygen atoms in total. The molecule has 2 aromatic carbocycles. The number of aliphatic carboxylic acids is 1. The summed E-state index contributed by atoms with van der Waals surface area (Å²) in [6.45, 7) is 0.319. The van der Waals surface area contributed by atoms with Crippen LogP contribution in [0.15, 0.2) is 60.7 Å². The summed E-state index contributed by atoms with van der Waals surface area (Å²) in [5.74, 6) is -1.68. The maximum atomic E-state index is 11.9. The molecule has 2 N–H and O–H groups in total. The molecule has 1 atom stereocenters. The zero-order valence-electron chi connectivity index (χ0n) is 11.5. The van der Waals surface area contributed by atoms with Gasteiger partial charge in [0, 0.05) is 12.1 Å². The van der Waals surface area contributed by atoms with Gasteiger partial charge in [-0.25, -0.2) is 0 Å². The quantitative estimate of drug-likeness (QED) is 0.856. The van der Waals surface area contributed by atoms with Gasteiger partial charge in [0.05, 0.1) is 5.92 Å². The maximum absolute atomic E-state index is 11.9. The zero-order chi connectivity index (χ0) is 15.1. The Hall–Kier alpha value is -2.62. The van der Waals surface area contributed by atoms with Gasteiger partial charge >= 0.3 is 5.97 Å². The number of carboxylic acid groups (broad SMARTS) is 1. The normalized spacial score (nSPS) is 11.6. The van der Waals surface area contributed by atoms with Crippen LogP contribution in [0.3, 0.4) is 0 Å². The molecule has 0 aliphatic carbocycles. The van der Waals surface area contributed by atoms with Gasteiger partial charge in [-0.05, 0) is 24.1 Å². The van der Waals surface area contributed by atoms with Crippen molar-refractivity contribution in [3.63, 3.8) is 0 Å². The molecule has 4 heteroatoms. The molecule has 0 heterocycles. The number of rotatable bonds is 6. The van der Waals surface area contributed by atoms with E-state index in [2.05, 4.69) is 5.32 Å². The molecular formula is C17H17NO3. The lowest BCUT2D eigenvalue weighted by atomic mass is 9.96. The summed E-state index contributed by atoms with van der Waals surface area (Å²) in [7, 11) is 0. The number of benzene rings is 2. The fraction of sp³-hybridized carbons (Fsp3) is 0.176. The van der Waals surface area contributed by atoms with E-state index in [-0.39, 0.29) is 5.91 Å². The molecule has 2 aromatic rings. The smallest absolute Gasteiger partial charge is 0.311 e. The van der Waals surface area contributed by atoms with Crippen LogP contribution in [0, 0.1) is 0 Å². The Bertz CT molecular complexity index is 596. The van der Waals surface area contributed by atoms with Gasteiger partial charge in [0.15, 0.2) is 0 Å². The van der Waals surface area contributed by atoms with Crippen LogP contribution >= 0.6 is 0 Å². The Morgan fingerprint density at radius 3 is 2.10 bits per heavy atom. The molecule has 0 aliphatic rings. The van der Waals surface area contributed by atoms with Gasteiger partial charge in [0.25, 0.3) is 5.91 Å². The number of hydrogen-bond acceptors (Lipinski definition) is 2. The minimum atomic E-state index is -0.879. The topological polar surface area (TPSA) is 66.4 Å². The third kappa shape index (κ3) is 4.18. The SMILES string of the molecule is O=C(NCC[C@H](C(=O)O)c1ccccc1)c1ccccc1. The standard InChI is InChI=1S/C17H17NO3/c19-16(14-9-5-2-6-10-14)18-12-11-15(17(20)21)13-7-3-1-4-8-13/h1-10,15H,11-12H2,(H,18,19)(H,20,21)/t15-/m0/s1. The predicted molar refractivity (Wildman–Crippen MR) is 80.2 cm³/mol. The predicted octanol–water partition coefficient (Wildman–Crippen LogP) is 2.67. The molecule has 21 heavy (non-hydrogen) atoms. The van der Waals surface area contributed by atoms with Crippen molar-refractivity contribution in [3.8, 4) is 0 Å². The second kappa shape index (κ2) is 7.24. The molecule has 0 aliphatic heterocycles. The Labute approximate surface area is 123 Å². The van der Waals surface area contributed by atoms with Crippen LogP contribution in [-0.4, -0.2) is 23.5 Å². The first-order valence-electron chi connectivity index (χ1n) is 6.79. The first-order valence-corrected chi connectivity index (χ1v) is 6.79. The monoisotopic (exact) mass is 283 g/mol. The van der Waals surface area contributed by atoms with E-state index in [4.69, 9.17) is 0 Å². The fourth-order valence-electron chi connectivity index (χ4n) is 2.14. The van der Waals surface area contributed by atoms with Crippen LogP contribution in [0.4, 0.5) is 0 Å². The van der Waals surface area contributed by atoms with Gasteiger partial charge in [0.2, 0.25) is 0 Å². The molecule has 1 amide bonds. The first-order chi connectivity index (χ1) is 10.2. The van der Waals surface area contributed by atoms with E-state index < -0.39 is 11.9 Å². The van der Waals surface area contributed by atoms with E-state index in [1.807, 2.05) is 24.3 Å². The average molecular weight is 283 g/mol. The highest BCUT2D eigenvalue weighted by molar-refractivity contribution is 5.94. The summed E-state index contributed by atoms with van der Waals surface area (Å²) in [5, 5.41) is 12.0. The zero-order valence-corrected chi connectivity index (χ0v) is 11.5. The van der Waals surface area contributed by atoms with Crippen LogP contribution in [-0.2, 0) is 4.79 Å². The molecule has 0 unspecified atom stereocenters. The van der Waals surface area contributed by atoms with E-state index in [0.717, 1.165) is 5.56 Å². The largest absolute Gasteiger partial charge is 0.481 e. The molecular weight excluding hydrogens is 266 g/mol. The highest BCUT2D eigenvalue weighted by Crippen LogP contribution is 2.19. The third-order valence-corrected chi connectivity index (χ3v) is 3.25. The first kappa shape index (κ1) is 14.8. The summed E-state index contributed by atoms with van der Waals surface area (Å²) < 4.78 is 0. The number of hydrogen-bond donors (Lipinski definition) is 2. The second-order valence-electron chi connectivity index (χ2n) is 4.71. The summed E-state index contributed by atoms with van der Waals surface area (Å²) >= 11 is 0. The molecule has 0 saturated carbocycles. The summed E-state index contributed by atoms with van der Waals surface area (Å²) in [6.07, 6.45) is 0.359. The van der Waals surface area contributed by atoms with Gasteiger partial charge < -0.3 is 10.4 Å². The van der Waals surface area contributed by atoms with E-state index in [1.54, 1.807) is 36.4 Å². The number of nitrogens with one attached hydrogen (secondary N) is 1. The van der Waals surface area contributed by atoms with Crippen LogP contribution in [0.25, 0.3) is 0 Å². The van der Waals surface area contributed by atoms with Crippen molar-refractivity contribution in [1.29, 1.82) is 0 Å². The van der Waals surface area contributed by atoms with Gasteiger partial charge in [-0.2, -0.15) is 0 Å². The average Bonchev–Trinajstić information content (AvgIpc) is 2.52. The van der Waals surface area contributed by atoms with Crippen LogP contribution in [0.5, 0.6) is 0 Å². The van der Waals surface area contributed by atoms with Crippen molar-refractivity contribution in [1.82, 2.24) is 5.32 Å². The van der Waals surface area contributed by atoms with E-state index in [1.165, 1.54) is 0 Å². The summed E-state index contributed by atoms with van der Waals surface area (Å²) in [6, 6.07) is 17.9. The lowest BCUT2D eigenvalue weighted by Crippen LogP contribution is -2.27. The number of carbonyl (C=O) groups excluding carboxylic acids is 1. The Balaban J connectivity index is 1.92. The molecule has 0 spiro atoms. The summed E-state index contributed by atoms with van der Waals surface area (Å²) in [5.41, 5.74) is 1.32. The van der Waals surface area contributed by atoms with Crippen molar-refractivity contribution < 1.29 is 14.7 Å². The lowest BCUT2D eigenvalue weighted by Gasteiger charge is -2.13. The van der Waals surface area contributed by atoms with Gasteiger partial charge in [-0.3, -0.25) is 9.59 Å². The van der Waals surface area contributed by atoms with Crippen molar-refractivity contribution in [2.75, 3.05) is 6.54 Å². The minimum absolute atomic E-state index is 0.187. The fourth-order valence-corrected chi connectivity index (χ4v) is 2.14. The number of carboxylic acids is 1. The van der Waals surface area contributed by atoms with Crippen molar-refractivity contribution in [3.05, 3.63) is 71.8 Å². The molecule has 2 rings (SSSR count). The molecule has 108 valence electrons. The van der Waals surface area contributed by atoms with Crippen molar-refractivity contribution in [2.45, 2.75) is 12.3 Å².